The number of aromatic nitrogens is 1. The number of hydrogen-bond acceptors (Lipinski definition) is 3. The lowest BCUT2D eigenvalue weighted by Crippen LogP contribution is -2.34. The van der Waals surface area contributed by atoms with Gasteiger partial charge in [0.2, 0.25) is 5.91 Å². The van der Waals surface area contributed by atoms with E-state index in [1.54, 1.807) is 30.6 Å². The highest BCUT2D eigenvalue weighted by Gasteiger charge is 2.25. The topological polar surface area (TPSA) is 79.3 Å². The van der Waals surface area contributed by atoms with Gasteiger partial charge in [-0.15, -0.1) is 0 Å². The molecule has 1 aromatic rings. The zero-order valence-electron chi connectivity index (χ0n) is 9.74. The summed E-state index contributed by atoms with van der Waals surface area (Å²) in [6.45, 7) is 0. The molecule has 1 heterocycles. The molecule has 0 aromatic carbocycles. The van der Waals surface area contributed by atoms with Gasteiger partial charge in [0.05, 0.1) is 12.3 Å². The van der Waals surface area contributed by atoms with Crippen molar-refractivity contribution in [2.75, 3.05) is 0 Å². The second-order valence-electron chi connectivity index (χ2n) is 4.28. The second kappa shape index (κ2) is 5.44. The van der Waals surface area contributed by atoms with Gasteiger partial charge in [-0.05, 0) is 18.1 Å². The van der Waals surface area contributed by atoms with Crippen molar-refractivity contribution < 1.29 is 14.7 Å². The van der Waals surface area contributed by atoms with Crippen molar-refractivity contribution >= 4 is 11.9 Å². The van der Waals surface area contributed by atoms with Crippen molar-refractivity contribution in [2.45, 2.75) is 18.9 Å². The molecule has 0 fully saturated rings. The van der Waals surface area contributed by atoms with Crippen molar-refractivity contribution in [1.29, 1.82) is 0 Å². The molecule has 0 aliphatic heterocycles. The van der Waals surface area contributed by atoms with Gasteiger partial charge in [-0.25, -0.2) is 0 Å². The monoisotopic (exact) mass is 246 g/mol. The van der Waals surface area contributed by atoms with E-state index in [1.165, 1.54) is 0 Å². The third-order valence-electron chi connectivity index (χ3n) is 2.83. The molecule has 2 unspecified atom stereocenters. The van der Waals surface area contributed by atoms with Crippen LogP contribution in [0.5, 0.6) is 0 Å². The Hall–Kier alpha value is -2.17. The number of nitrogens with one attached hydrogen (secondary N) is 1. The molecule has 2 N–H and O–H groups in total. The van der Waals surface area contributed by atoms with Gasteiger partial charge in [0.1, 0.15) is 0 Å². The predicted octanol–water partition coefficient (Wildman–Crippen LogP) is 0.770. The molecule has 1 aliphatic carbocycles. The first-order valence-electron chi connectivity index (χ1n) is 5.74. The van der Waals surface area contributed by atoms with Gasteiger partial charge in [0, 0.05) is 18.4 Å². The van der Waals surface area contributed by atoms with Gasteiger partial charge in [0.15, 0.2) is 0 Å². The maximum atomic E-state index is 11.7. The molecule has 1 aliphatic rings. The molecule has 1 aromatic heterocycles. The highest BCUT2D eigenvalue weighted by Crippen LogP contribution is 2.17. The number of rotatable bonds is 4. The average molecular weight is 246 g/mol. The quantitative estimate of drug-likeness (QED) is 0.769. The lowest BCUT2D eigenvalue weighted by atomic mass is 10.1. The van der Waals surface area contributed by atoms with Gasteiger partial charge >= 0.3 is 5.97 Å². The molecule has 5 heteroatoms. The minimum atomic E-state index is -0.852. The van der Waals surface area contributed by atoms with E-state index < -0.39 is 11.9 Å². The van der Waals surface area contributed by atoms with Crippen LogP contribution in [0.2, 0.25) is 0 Å². The third-order valence-corrected chi connectivity index (χ3v) is 2.83. The second-order valence-corrected chi connectivity index (χ2v) is 4.28. The smallest absolute Gasteiger partial charge is 0.310 e. The van der Waals surface area contributed by atoms with Crippen LogP contribution in [0.4, 0.5) is 0 Å². The normalized spacial score (nSPS) is 21.8. The first kappa shape index (κ1) is 12.3. The Balaban J connectivity index is 1.83. The van der Waals surface area contributed by atoms with E-state index >= 15 is 0 Å². The highest BCUT2D eigenvalue weighted by atomic mass is 16.4. The first-order chi connectivity index (χ1) is 8.65. The van der Waals surface area contributed by atoms with E-state index in [0.29, 0.717) is 6.42 Å². The van der Waals surface area contributed by atoms with Crippen molar-refractivity contribution in [3.05, 3.63) is 42.2 Å². The zero-order valence-corrected chi connectivity index (χ0v) is 9.74. The Kier molecular flexibility index (Phi) is 3.72. The molecule has 0 saturated heterocycles. The van der Waals surface area contributed by atoms with Crippen molar-refractivity contribution in [1.82, 2.24) is 10.3 Å². The SMILES string of the molecule is O=C(Cc1cccnc1)NC1C=CC(C(=O)O)C1. The van der Waals surface area contributed by atoms with Crippen LogP contribution in [0.3, 0.4) is 0 Å². The standard InChI is InChI=1S/C13H14N2O3/c16-12(6-9-2-1-5-14-8-9)15-11-4-3-10(7-11)13(17)18/h1-5,8,10-11H,6-7H2,(H,15,16)(H,17,18). The van der Waals surface area contributed by atoms with Gasteiger partial charge in [-0.1, -0.05) is 18.2 Å². The minimum absolute atomic E-state index is 0.122. The van der Waals surface area contributed by atoms with E-state index in [1.807, 2.05) is 6.07 Å². The molecule has 2 rings (SSSR count). The maximum Gasteiger partial charge on any atom is 0.310 e. The van der Waals surface area contributed by atoms with Crippen molar-refractivity contribution in [2.24, 2.45) is 5.92 Å². The number of carboxylic acid groups (broad SMARTS) is 1. The van der Waals surface area contributed by atoms with Crippen molar-refractivity contribution in [3.63, 3.8) is 0 Å². The number of hydrogen-bond donors (Lipinski definition) is 2. The number of nitrogens with zero attached hydrogens (tertiary/aromatic N) is 1. The first-order valence-corrected chi connectivity index (χ1v) is 5.74. The van der Waals surface area contributed by atoms with Crippen LogP contribution in [0.15, 0.2) is 36.7 Å². The van der Waals surface area contributed by atoms with E-state index in [0.717, 1.165) is 5.56 Å². The van der Waals surface area contributed by atoms with Crippen LogP contribution in [-0.4, -0.2) is 28.0 Å². The van der Waals surface area contributed by atoms with Crippen LogP contribution in [0.1, 0.15) is 12.0 Å². The fourth-order valence-corrected chi connectivity index (χ4v) is 1.94. The Morgan fingerprint density at radius 3 is 2.89 bits per heavy atom. The summed E-state index contributed by atoms with van der Waals surface area (Å²) in [5.74, 6) is -1.47. The van der Waals surface area contributed by atoms with Crippen LogP contribution in [-0.2, 0) is 16.0 Å². The predicted molar refractivity (Wildman–Crippen MR) is 64.8 cm³/mol. The fourth-order valence-electron chi connectivity index (χ4n) is 1.94. The fraction of sp³-hybridized carbons (Fsp3) is 0.308. The summed E-state index contributed by atoms with van der Waals surface area (Å²) in [6, 6.07) is 3.42. The lowest BCUT2D eigenvalue weighted by molar-refractivity contribution is -0.140. The number of aliphatic carboxylic acids is 1. The average Bonchev–Trinajstić information content (AvgIpc) is 2.78. The molecule has 0 radical (unpaired) electrons. The number of carbonyl (C=O) groups excluding carboxylic acids is 1. The Labute approximate surface area is 105 Å². The maximum absolute atomic E-state index is 11.7. The molecular formula is C13H14N2O3. The summed E-state index contributed by atoms with van der Waals surface area (Å²) in [5.41, 5.74) is 0.840. The number of pyridine rings is 1. The third kappa shape index (κ3) is 3.16. The summed E-state index contributed by atoms with van der Waals surface area (Å²) < 4.78 is 0. The Morgan fingerprint density at radius 1 is 1.44 bits per heavy atom. The van der Waals surface area contributed by atoms with Gasteiger partial charge in [-0.2, -0.15) is 0 Å². The molecular weight excluding hydrogens is 232 g/mol. The highest BCUT2D eigenvalue weighted by molar-refractivity contribution is 5.79. The minimum Gasteiger partial charge on any atom is -0.481 e. The molecule has 18 heavy (non-hydrogen) atoms. The molecule has 0 bridgehead atoms. The molecule has 94 valence electrons. The van der Waals surface area contributed by atoms with Crippen LogP contribution in [0.25, 0.3) is 0 Å². The molecule has 1 amide bonds. The van der Waals surface area contributed by atoms with Crippen LogP contribution < -0.4 is 5.32 Å². The Bertz CT molecular complexity index is 470. The number of carbonyl (C=O) groups is 2. The van der Waals surface area contributed by atoms with Crippen molar-refractivity contribution in [3.8, 4) is 0 Å². The Morgan fingerprint density at radius 2 is 2.28 bits per heavy atom. The summed E-state index contributed by atoms with van der Waals surface area (Å²) in [6.07, 6.45) is 7.34. The molecule has 0 spiro atoms. The zero-order chi connectivity index (χ0) is 13.0. The number of carboxylic acids is 1. The van der Waals surface area contributed by atoms with Gasteiger partial charge in [0.25, 0.3) is 0 Å². The summed E-state index contributed by atoms with van der Waals surface area (Å²) >= 11 is 0. The van der Waals surface area contributed by atoms with Gasteiger partial charge in [-0.3, -0.25) is 14.6 Å². The van der Waals surface area contributed by atoms with E-state index in [9.17, 15) is 9.59 Å². The summed E-state index contributed by atoms with van der Waals surface area (Å²) in [7, 11) is 0. The summed E-state index contributed by atoms with van der Waals surface area (Å²) in [5, 5.41) is 11.6. The molecule has 2 atom stereocenters. The largest absolute Gasteiger partial charge is 0.481 e. The van der Waals surface area contributed by atoms with E-state index in [2.05, 4.69) is 10.3 Å². The number of amides is 1. The van der Waals surface area contributed by atoms with Crippen LogP contribution >= 0.6 is 0 Å². The van der Waals surface area contributed by atoms with Gasteiger partial charge < -0.3 is 10.4 Å². The lowest BCUT2D eigenvalue weighted by Gasteiger charge is -2.11. The molecule has 0 saturated carbocycles. The molecule has 5 nitrogen and oxygen atoms in total. The van der Waals surface area contributed by atoms with Crippen LogP contribution in [0, 0.1) is 5.92 Å². The van der Waals surface area contributed by atoms with E-state index in [-0.39, 0.29) is 18.4 Å². The summed E-state index contributed by atoms with van der Waals surface area (Å²) in [4.78, 5) is 26.4. The van der Waals surface area contributed by atoms with E-state index in [4.69, 9.17) is 5.11 Å².